The van der Waals surface area contributed by atoms with E-state index >= 15 is 0 Å². The van der Waals surface area contributed by atoms with Crippen molar-refractivity contribution in [2.24, 2.45) is 0 Å². The van der Waals surface area contributed by atoms with E-state index in [1.807, 2.05) is 24.3 Å². The summed E-state index contributed by atoms with van der Waals surface area (Å²) in [4.78, 5) is 13.5. The van der Waals surface area contributed by atoms with Gasteiger partial charge in [-0.3, -0.25) is 4.79 Å². The molecule has 2 aromatic heterocycles. The Hall–Kier alpha value is -2.90. The van der Waals surface area contributed by atoms with Crippen LogP contribution in [0, 0.1) is 0 Å². The molecule has 0 atom stereocenters. The molecule has 6 nitrogen and oxygen atoms in total. The van der Waals surface area contributed by atoms with Gasteiger partial charge in [-0.15, -0.1) is 10.2 Å². The van der Waals surface area contributed by atoms with E-state index in [0.717, 1.165) is 5.56 Å². The van der Waals surface area contributed by atoms with Crippen LogP contribution in [0.3, 0.4) is 0 Å². The molecule has 2 heterocycles. The van der Waals surface area contributed by atoms with Crippen molar-refractivity contribution >= 4 is 34.0 Å². The molecule has 4 aromatic rings. The summed E-state index contributed by atoms with van der Waals surface area (Å²) in [5.41, 5.74) is 1.19. The van der Waals surface area contributed by atoms with Crippen molar-refractivity contribution in [3.05, 3.63) is 67.9 Å². The Bertz CT molecular complexity index is 1250. The number of fused-ring (bicyclic) bond motifs is 1. The number of benzene rings is 2. The Morgan fingerprint density at radius 3 is 2.67 bits per heavy atom. The van der Waals surface area contributed by atoms with Crippen LogP contribution in [0.25, 0.3) is 22.4 Å². The summed E-state index contributed by atoms with van der Waals surface area (Å²) in [6, 6.07) is 12.6. The number of hydrogen-bond donors (Lipinski definition) is 0. The second-order valence-electron chi connectivity index (χ2n) is 5.65. The molecule has 0 aliphatic rings. The molecule has 0 saturated heterocycles. The molecule has 27 heavy (non-hydrogen) atoms. The van der Waals surface area contributed by atoms with Crippen LogP contribution >= 0.6 is 22.9 Å². The number of aromatic nitrogens is 3. The summed E-state index contributed by atoms with van der Waals surface area (Å²) in [5, 5.41) is 8.78. The monoisotopic (exact) mass is 399 g/mol. The minimum atomic E-state index is -0.209. The fraction of sp³-hybridized carbons (Fsp3) is 0.105. The highest BCUT2D eigenvalue weighted by Gasteiger charge is 2.16. The molecule has 0 N–H and O–H groups in total. The van der Waals surface area contributed by atoms with Crippen molar-refractivity contribution in [3.63, 3.8) is 0 Å². The molecule has 0 radical (unpaired) electrons. The van der Waals surface area contributed by atoms with Gasteiger partial charge < -0.3 is 9.47 Å². The lowest BCUT2D eigenvalue weighted by molar-refractivity contribution is 0.402. The van der Waals surface area contributed by atoms with Gasteiger partial charge in [0.2, 0.25) is 4.96 Å². The molecule has 0 aliphatic heterocycles. The van der Waals surface area contributed by atoms with Gasteiger partial charge in [0, 0.05) is 11.1 Å². The summed E-state index contributed by atoms with van der Waals surface area (Å²) in [6.07, 6.45) is 1.76. The molecule has 4 rings (SSSR count). The first-order valence-corrected chi connectivity index (χ1v) is 9.18. The number of ether oxygens (including phenoxy) is 2. The Balaban J connectivity index is 1.93. The summed E-state index contributed by atoms with van der Waals surface area (Å²) in [6.45, 7) is 0. The third kappa shape index (κ3) is 3.05. The van der Waals surface area contributed by atoms with E-state index in [4.69, 9.17) is 21.1 Å². The molecule has 8 heteroatoms. The van der Waals surface area contributed by atoms with Gasteiger partial charge in [-0.05, 0) is 36.4 Å². The van der Waals surface area contributed by atoms with Crippen LogP contribution < -0.4 is 19.6 Å². The quantitative estimate of drug-likeness (QED) is 0.527. The van der Waals surface area contributed by atoms with Gasteiger partial charge in [0.05, 0.1) is 23.8 Å². The molecule has 0 saturated carbocycles. The first kappa shape index (κ1) is 17.5. The van der Waals surface area contributed by atoms with Crippen molar-refractivity contribution in [2.75, 3.05) is 14.2 Å². The summed E-state index contributed by atoms with van der Waals surface area (Å²) >= 11 is 7.51. The second kappa shape index (κ2) is 7.02. The number of methoxy groups -OCH3 is 2. The van der Waals surface area contributed by atoms with Crippen molar-refractivity contribution in [3.8, 4) is 22.9 Å². The number of rotatable bonds is 4. The van der Waals surface area contributed by atoms with Crippen LogP contribution in [0.1, 0.15) is 5.56 Å². The maximum absolute atomic E-state index is 13.0. The third-order valence-electron chi connectivity index (χ3n) is 4.09. The van der Waals surface area contributed by atoms with Crippen LogP contribution in [0.15, 0.2) is 47.3 Å². The van der Waals surface area contributed by atoms with E-state index in [9.17, 15) is 4.79 Å². The molecule has 0 amide bonds. The standard InChI is InChI=1S/C19H14ClN3O3S/c1-25-12-7-8-15(26-2)11(9-12)10-16-18(24)23-17(21-22-19(23)27-16)13-5-3-4-6-14(13)20/h3-10H,1-2H3/b16-10-. The van der Waals surface area contributed by atoms with Gasteiger partial charge >= 0.3 is 0 Å². The number of thiazole rings is 1. The minimum absolute atomic E-state index is 0.209. The fourth-order valence-electron chi connectivity index (χ4n) is 2.77. The van der Waals surface area contributed by atoms with Crippen molar-refractivity contribution in [1.29, 1.82) is 0 Å². The zero-order valence-corrected chi connectivity index (χ0v) is 16.0. The predicted molar refractivity (Wildman–Crippen MR) is 106 cm³/mol. The van der Waals surface area contributed by atoms with Crippen LogP contribution in [0.2, 0.25) is 5.02 Å². The Labute approximate surface area is 163 Å². The van der Waals surface area contributed by atoms with Crippen molar-refractivity contribution < 1.29 is 9.47 Å². The van der Waals surface area contributed by atoms with E-state index in [-0.39, 0.29) is 5.56 Å². The average Bonchev–Trinajstić information content (AvgIpc) is 3.23. The predicted octanol–water partition coefficient (Wildman–Crippen LogP) is 3.04. The van der Waals surface area contributed by atoms with Crippen molar-refractivity contribution in [2.45, 2.75) is 0 Å². The second-order valence-corrected chi connectivity index (χ2v) is 7.06. The highest BCUT2D eigenvalue weighted by molar-refractivity contribution is 7.15. The first-order chi connectivity index (χ1) is 13.1. The summed E-state index contributed by atoms with van der Waals surface area (Å²) in [5.74, 6) is 1.74. The maximum Gasteiger partial charge on any atom is 0.276 e. The number of halogens is 1. The number of hydrogen-bond acceptors (Lipinski definition) is 6. The van der Waals surface area contributed by atoms with E-state index in [2.05, 4.69) is 10.2 Å². The van der Waals surface area contributed by atoms with Gasteiger partial charge in [0.1, 0.15) is 11.5 Å². The largest absolute Gasteiger partial charge is 0.497 e. The lowest BCUT2D eigenvalue weighted by Gasteiger charge is -2.06. The lowest BCUT2D eigenvalue weighted by Crippen LogP contribution is -2.23. The maximum atomic E-state index is 13.0. The Kier molecular flexibility index (Phi) is 4.55. The minimum Gasteiger partial charge on any atom is -0.497 e. The molecule has 0 spiro atoms. The fourth-order valence-corrected chi connectivity index (χ4v) is 3.90. The van der Waals surface area contributed by atoms with E-state index < -0.39 is 0 Å². The molecule has 136 valence electrons. The molecular formula is C19H14ClN3O3S. The number of nitrogens with zero attached hydrogens (tertiary/aromatic N) is 3. The first-order valence-electron chi connectivity index (χ1n) is 7.99. The SMILES string of the molecule is COc1ccc(OC)c(/C=c2\sc3nnc(-c4ccccc4Cl)n3c2=O)c1. The van der Waals surface area contributed by atoms with Gasteiger partial charge in [-0.2, -0.15) is 0 Å². The third-order valence-corrected chi connectivity index (χ3v) is 5.38. The Morgan fingerprint density at radius 2 is 1.93 bits per heavy atom. The molecular weight excluding hydrogens is 386 g/mol. The highest BCUT2D eigenvalue weighted by atomic mass is 35.5. The van der Waals surface area contributed by atoms with Gasteiger partial charge in [-0.25, -0.2) is 4.40 Å². The van der Waals surface area contributed by atoms with E-state index in [1.165, 1.54) is 15.7 Å². The van der Waals surface area contributed by atoms with E-state index in [0.29, 0.717) is 37.4 Å². The smallest absolute Gasteiger partial charge is 0.276 e. The van der Waals surface area contributed by atoms with Crippen LogP contribution in [-0.2, 0) is 0 Å². The molecule has 0 fully saturated rings. The van der Waals surface area contributed by atoms with Gasteiger partial charge in [0.25, 0.3) is 5.56 Å². The molecule has 2 aromatic carbocycles. The van der Waals surface area contributed by atoms with Crippen LogP contribution in [0.5, 0.6) is 11.5 Å². The molecule has 0 aliphatic carbocycles. The highest BCUT2D eigenvalue weighted by Crippen LogP contribution is 2.27. The zero-order valence-electron chi connectivity index (χ0n) is 14.5. The van der Waals surface area contributed by atoms with E-state index in [1.54, 1.807) is 38.5 Å². The van der Waals surface area contributed by atoms with Crippen LogP contribution in [0.4, 0.5) is 0 Å². The summed E-state index contributed by atoms with van der Waals surface area (Å²) in [7, 11) is 3.17. The lowest BCUT2D eigenvalue weighted by atomic mass is 10.2. The summed E-state index contributed by atoms with van der Waals surface area (Å²) < 4.78 is 12.6. The van der Waals surface area contributed by atoms with Crippen molar-refractivity contribution in [1.82, 2.24) is 14.6 Å². The zero-order chi connectivity index (χ0) is 19.0. The average molecular weight is 400 g/mol. The van der Waals surface area contributed by atoms with Gasteiger partial charge in [-0.1, -0.05) is 35.1 Å². The normalized spacial score (nSPS) is 11.9. The Morgan fingerprint density at radius 1 is 1.11 bits per heavy atom. The molecule has 0 unspecified atom stereocenters. The topological polar surface area (TPSA) is 65.7 Å². The van der Waals surface area contributed by atoms with Crippen LogP contribution in [-0.4, -0.2) is 28.8 Å². The van der Waals surface area contributed by atoms with Gasteiger partial charge in [0.15, 0.2) is 5.82 Å². The molecule has 0 bridgehead atoms.